The Morgan fingerprint density at radius 3 is 2.77 bits per heavy atom. The van der Waals surface area contributed by atoms with E-state index in [-0.39, 0.29) is 0 Å². The van der Waals surface area contributed by atoms with Gasteiger partial charge < -0.3 is 5.32 Å². The molecule has 0 fully saturated rings. The van der Waals surface area contributed by atoms with Gasteiger partial charge in [-0.3, -0.25) is 0 Å². The Hall–Kier alpha value is -0.980. The van der Waals surface area contributed by atoms with E-state index in [1.807, 2.05) is 0 Å². The second-order valence-corrected chi connectivity index (χ2v) is 3.14. The van der Waals surface area contributed by atoms with Crippen LogP contribution in [0.2, 0.25) is 0 Å². The Labute approximate surface area is 81.2 Å². The van der Waals surface area contributed by atoms with Crippen molar-refractivity contribution in [2.75, 3.05) is 11.9 Å². The SMILES string of the molecule is [CH2]CCCNc1ccccc1CC. The standard InChI is InChI=1S/C12H18N/c1-3-5-10-13-12-9-7-6-8-11(12)4-2/h6-9,13H,1,3-5,10H2,2H3. The van der Waals surface area contributed by atoms with Crippen LogP contribution >= 0.6 is 0 Å². The number of hydrogen-bond acceptors (Lipinski definition) is 1. The molecule has 0 bridgehead atoms. The zero-order valence-electron chi connectivity index (χ0n) is 8.34. The van der Waals surface area contributed by atoms with Gasteiger partial charge in [0.1, 0.15) is 0 Å². The number of anilines is 1. The monoisotopic (exact) mass is 176 g/mol. The summed E-state index contributed by atoms with van der Waals surface area (Å²) in [5, 5.41) is 3.43. The third-order valence-electron chi connectivity index (χ3n) is 2.14. The fourth-order valence-corrected chi connectivity index (χ4v) is 1.35. The van der Waals surface area contributed by atoms with E-state index < -0.39 is 0 Å². The van der Waals surface area contributed by atoms with Crippen molar-refractivity contribution in [3.63, 3.8) is 0 Å². The summed E-state index contributed by atoms with van der Waals surface area (Å²) >= 11 is 0. The molecule has 0 aliphatic heterocycles. The molecule has 0 aromatic heterocycles. The summed E-state index contributed by atoms with van der Waals surface area (Å²) in [6.45, 7) is 7.03. The van der Waals surface area contributed by atoms with Crippen molar-refractivity contribution in [1.29, 1.82) is 0 Å². The number of para-hydroxylation sites is 1. The Morgan fingerprint density at radius 1 is 1.31 bits per heavy atom. The number of aryl methyl sites for hydroxylation is 1. The highest BCUT2D eigenvalue weighted by Crippen LogP contribution is 2.15. The van der Waals surface area contributed by atoms with Gasteiger partial charge in [-0.15, -0.1) is 0 Å². The van der Waals surface area contributed by atoms with Crippen molar-refractivity contribution in [2.45, 2.75) is 26.2 Å². The zero-order chi connectivity index (χ0) is 9.52. The first kappa shape index (κ1) is 10.1. The lowest BCUT2D eigenvalue weighted by Crippen LogP contribution is -2.03. The molecule has 0 amide bonds. The third-order valence-corrected chi connectivity index (χ3v) is 2.14. The lowest BCUT2D eigenvalue weighted by atomic mass is 10.1. The topological polar surface area (TPSA) is 12.0 Å². The first-order valence-corrected chi connectivity index (χ1v) is 4.99. The van der Waals surface area contributed by atoms with Crippen LogP contribution in [-0.4, -0.2) is 6.54 Å². The predicted molar refractivity (Wildman–Crippen MR) is 58.9 cm³/mol. The Balaban J connectivity index is 2.54. The molecule has 0 spiro atoms. The van der Waals surface area contributed by atoms with Crippen molar-refractivity contribution in [1.82, 2.24) is 0 Å². The molecule has 0 aliphatic rings. The number of nitrogens with one attached hydrogen (secondary N) is 1. The molecule has 1 aromatic carbocycles. The van der Waals surface area contributed by atoms with E-state index in [4.69, 9.17) is 0 Å². The van der Waals surface area contributed by atoms with Crippen LogP contribution in [0.25, 0.3) is 0 Å². The Morgan fingerprint density at radius 2 is 2.08 bits per heavy atom. The van der Waals surface area contributed by atoms with Crippen molar-refractivity contribution in [3.8, 4) is 0 Å². The number of hydrogen-bond donors (Lipinski definition) is 1. The minimum atomic E-state index is 1.00. The summed E-state index contributed by atoms with van der Waals surface area (Å²) in [4.78, 5) is 0. The van der Waals surface area contributed by atoms with E-state index >= 15 is 0 Å². The van der Waals surface area contributed by atoms with Gasteiger partial charge in [0.05, 0.1) is 0 Å². The summed E-state index contributed by atoms with van der Waals surface area (Å²) in [5.41, 5.74) is 2.67. The van der Waals surface area contributed by atoms with E-state index in [2.05, 4.69) is 43.4 Å². The highest BCUT2D eigenvalue weighted by Gasteiger charge is 1.96. The molecule has 0 atom stereocenters. The van der Waals surface area contributed by atoms with E-state index in [0.29, 0.717) is 0 Å². The fraction of sp³-hybridized carbons (Fsp3) is 0.417. The maximum atomic E-state index is 3.82. The number of unbranched alkanes of at least 4 members (excludes halogenated alkanes) is 1. The molecule has 13 heavy (non-hydrogen) atoms. The van der Waals surface area contributed by atoms with Gasteiger partial charge in [-0.1, -0.05) is 38.5 Å². The van der Waals surface area contributed by atoms with Crippen molar-refractivity contribution >= 4 is 5.69 Å². The Bertz CT molecular complexity index is 243. The molecule has 0 saturated heterocycles. The van der Waals surface area contributed by atoms with E-state index in [0.717, 1.165) is 25.8 Å². The summed E-state index contributed by atoms with van der Waals surface area (Å²) in [6.07, 6.45) is 3.23. The first-order valence-electron chi connectivity index (χ1n) is 4.99. The maximum Gasteiger partial charge on any atom is 0.0372 e. The average Bonchev–Trinajstić information content (AvgIpc) is 2.19. The van der Waals surface area contributed by atoms with Crippen LogP contribution in [0.4, 0.5) is 5.69 Å². The van der Waals surface area contributed by atoms with Gasteiger partial charge in [0.2, 0.25) is 0 Å². The lowest BCUT2D eigenvalue weighted by Gasteiger charge is -2.09. The first-order chi connectivity index (χ1) is 6.38. The summed E-state index contributed by atoms with van der Waals surface area (Å²) in [6, 6.07) is 8.48. The van der Waals surface area contributed by atoms with Gasteiger partial charge in [0.25, 0.3) is 0 Å². The van der Waals surface area contributed by atoms with Gasteiger partial charge in [-0.25, -0.2) is 0 Å². The normalized spacial score (nSPS) is 10.0. The van der Waals surface area contributed by atoms with Crippen LogP contribution in [0.3, 0.4) is 0 Å². The molecule has 0 unspecified atom stereocenters. The summed E-state index contributed by atoms with van der Waals surface area (Å²) in [7, 11) is 0. The smallest absolute Gasteiger partial charge is 0.0372 e. The van der Waals surface area contributed by atoms with Crippen LogP contribution < -0.4 is 5.32 Å². The highest BCUT2D eigenvalue weighted by atomic mass is 14.9. The summed E-state index contributed by atoms with van der Waals surface area (Å²) < 4.78 is 0. The highest BCUT2D eigenvalue weighted by molar-refractivity contribution is 5.50. The van der Waals surface area contributed by atoms with Crippen LogP contribution in [0.15, 0.2) is 24.3 Å². The molecule has 1 aromatic rings. The van der Waals surface area contributed by atoms with Gasteiger partial charge >= 0.3 is 0 Å². The van der Waals surface area contributed by atoms with Gasteiger partial charge in [0.15, 0.2) is 0 Å². The fourth-order valence-electron chi connectivity index (χ4n) is 1.35. The number of benzene rings is 1. The second-order valence-electron chi connectivity index (χ2n) is 3.14. The van der Waals surface area contributed by atoms with Gasteiger partial charge in [0, 0.05) is 12.2 Å². The van der Waals surface area contributed by atoms with E-state index in [9.17, 15) is 0 Å². The molecule has 1 heteroatoms. The lowest BCUT2D eigenvalue weighted by molar-refractivity contribution is 0.884. The van der Waals surface area contributed by atoms with Crippen LogP contribution in [0, 0.1) is 6.92 Å². The van der Waals surface area contributed by atoms with Crippen molar-refractivity contribution in [2.24, 2.45) is 0 Å². The Kier molecular flexibility index (Phi) is 4.37. The molecule has 71 valence electrons. The predicted octanol–water partition coefficient (Wildman–Crippen LogP) is 3.28. The minimum Gasteiger partial charge on any atom is -0.385 e. The third kappa shape index (κ3) is 3.10. The van der Waals surface area contributed by atoms with Crippen LogP contribution in [-0.2, 0) is 6.42 Å². The van der Waals surface area contributed by atoms with E-state index in [1.54, 1.807) is 0 Å². The quantitative estimate of drug-likeness (QED) is 0.679. The van der Waals surface area contributed by atoms with Crippen molar-refractivity contribution < 1.29 is 0 Å². The number of rotatable bonds is 5. The molecule has 1 nitrogen and oxygen atoms in total. The molecule has 1 N–H and O–H groups in total. The van der Waals surface area contributed by atoms with Crippen LogP contribution in [0.1, 0.15) is 25.3 Å². The molecular weight excluding hydrogens is 158 g/mol. The molecule has 1 radical (unpaired) electrons. The van der Waals surface area contributed by atoms with Crippen molar-refractivity contribution in [3.05, 3.63) is 36.8 Å². The minimum absolute atomic E-state index is 1.00. The molecule has 0 saturated carbocycles. The molecule has 0 heterocycles. The molecule has 0 aliphatic carbocycles. The largest absolute Gasteiger partial charge is 0.385 e. The zero-order valence-corrected chi connectivity index (χ0v) is 8.34. The van der Waals surface area contributed by atoms with Gasteiger partial charge in [-0.05, 0) is 24.5 Å². The average molecular weight is 176 g/mol. The van der Waals surface area contributed by atoms with Gasteiger partial charge in [-0.2, -0.15) is 0 Å². The maximum absolute atomic E-state index is 3.82. The second kappa shape index (κ2) is 5.63. The summed E-state index contributed by atoms with van der Waals surface area (Å²) in [5.74, 6) is 0. The van der Waals surface area contributed by atoms with Crippen LogP contribution in [0.5, 0.6) is 0 Å². The molecular formula is C12H18N. The van der Waals surface area contributed by atoms with E-state index in [1.165, 1.54) is 11.3 Å². The molecule has 1 rings (SSSR count).